The van der Waals surface area contributed by atoms with E-state index < -0.39 is 0 Å². The van der Waals surface area contributed by atoms with Gasteiger partial charge in [0, 0.05) is 36.0 Å². The molecular formula is C24H26ClN3O2S. The molecule has 4 rings (SSSR count). The van der Waals surface area contributed by atoms with Crippen molar-refractivity contribution in [3.8, 4) is 0 Å². The van der Waals surface area contributed by atoms with Gasteiger partial charge in [-0.3, -0.25) is 14.2 Å². The quantitative estimate of drug-likeness (QED) is 0.377. The van der Waals surface area contributed by atoms with Crippen LogP contribution in [0.1, 0.15) is 42.6 Å². The Kier molecular flexibility index (Phi) is 6.68. The molecule has 0 unspecified atom stereocenters. The van der Waals surface area contributed by atoms with Gasteiger partial charge in [-0.25, -0.2) is 4.98 Å². The second kappa shape index (κ2) is 9.45. The van der Waals surface area contributed by atoms with Gasteiger partial charge in [-0.1, -0.05) is 49.3 Å². The number of amides is 1. The van der Waals surface area contributed by atoms with Crippen molar-refractivity contribution in [3.05, 3.63) is 69.0 Å². The summed E-state index contributed by atoms with van der Waals surface area (Å²) in [6, 6.07) is 13.0. The minimum Gasteiger partial charge on any atom is -0.339 e. The summed E-state index contributed by atoms with van der Waals surface area (Å²) in [5.74, 6) is 1.09. The van der Waals surface area contributed by atoms with Crippen LogP contribution in [-0.2, 0) is 12.3 Å². The van der Waals surface area contributed by atoms with Crippen LogP contribution in [0.2, 0.25) is 5.02 Å². The van der Waals surface area contributed by atoms with E-state index in [1.165, 1.54) is 11.8 Å². The number of nitrogens with zero attached hydrogens (tertiary/aromatic N) is 3. The van der Waals surface area contributed by atoms with E-state index in [-0.39, 0.29) is 11.5 Å². The number of carbonyl (C=O) groups excluding carboxylic acids is 1. The van der Waals surface area contributed by atoms with Gasteiger partial charge in [0.2, 0.25) is 0 Å². The summed E-state index contributed by atoms with van der Waals surface area (Å²) in [7, 11) is 0. The monoisotopic (exact) mass is 455 g/mol. The van der Waals surface area contributed by atoms with Gasteiger partial charge in [-0.2, -0.15) is 0 Å². The number of halogens is 1. The van der Waals surface area contributed by atoms with Crippen molar-refractivity contribution in [2.75, 3.05) is 13.1 Å². The van der Waals surface area contributed by atoms with Crippen LogP contribution in [0.5, 0.6) is 0 Å². The number of fused-ring (bicyclic) bond motifs is 1. The van der Waals surface area contributed by atoms with Gasteiger partial charge in [0.1, 0.15) is 0 Å². The first kappa shape index (κ1) is 21.9. The van der Waals surface area contributed by atoms with Crippen molar-refractivity contribution in [2.45, 2.75) is 44.1 Å². The van der Waals surface area contributed by atoms with Crippen molar-refractivity contribution in [2.24, 2.45) is 5.92 Å². The first-order valence-electron chi connectivity index (χ1n) is 10.6. The van der Waals surface area contributed by atoms with Gasteiger partial charge < -0.3 is 4.90 Å². The molecule has 3 aromatic rings. The predicted octanol–water partition coefficient (Wildman–Crippen LogP) is 5.23. The summed E-state index contributed by atoms with van der Waals surface area (Å²) in [6.45, 7) is 6.46. The topological polar surface area (TPSA) is 55.2 Å². The third-order valence-electron chi connectivity index (χ3n) is 5.39. The molecule has 0 N–H and O–H groups in total. The molecule has 7 heteroatoms. The van der Waals surface area contributed by atoms with Gasteiger partial charge in [-0.15, -0.1) is 0 Å². The van der Waals surface area contributed by atoms with E-state index in [0.29, 0.717) is 39.3 Å². The Morgan fingerprint density at radius 1 is 1.13 bits per heavy atom. The lowest BCUT2D eigenvalue weighted by Gasteiger charge is -2.16. The Morgan fingerprint density at radius 3 is 2.52 bits per heavy atom. The number of thioether (sulfide) groups is 1. The molecule has 0 bridgehead atoms. The molecule has 31 heavy (non-hydrogen) atoms. The normalized spacial score (nSPS) is 14.0. The minimum atomic E-state index is -0.0599. The maximum absolute atomic E-state index is 13.1. The van der Waals surface area contributed by atoms with Crippen LogP contribution >= 0.6 is 23.4 Å². The number of hydrogen-bond acceptors (Lipinski definition) is 4. The minimum absolute atomic E-state index is 0.0599. The van der Waals surface area contributed by atoms with Crippen LogP contribution in [-0.4, -0.2) is 33.4 Å². The molecule has 1 aliphatic heterocycles. The van der Waals surface area contributed by atoms with Crippen LogP contribution in [0.15, 0.2) is 52.4 Å². The van der Waals surface area contributed by atoms with Crippen molar-refractivity contribution < 1.29 is 4.79 Å². The van der Waals surface area contributed by atoms with E-state index >= 15 is 0 Å². The molecule has 1 saturated heterocycles. The largest absolute Gasteiger partial charge is 0.339 e. The van der Waals surface area contributed by atoms with Crippen LogP contribution in [0.3, 0.4) is 0 Å². The lowest BCUT2D eigenvalue weighted by atomic mass is 10.1. The molecule has 2 heterocycles. The summed E-state index contributed by atoms with van der Waals surface area (Å²) in [5.41, 5.74) is 2.41. The summed E-state index contributed by atoms with van der Waals surface area (Å²) >= 11 is 7.64. The number of hydrogen-bond donors (Lipinski definition) is 0. The highest BCUT2D eigenvalue weighted by Crippen LogP contribution is 2.24. The number of rotatable bonds is 6. The van der Waals surface area contributed by atoms with Gasteiger partial charge in [0.25, 0.3) is 11.5 Å². The van der Waals surface area contributed by atoms with Crippen LogP contribution in [0, 0.1) is 5.92 Å². The van der Waals surface area contributed by atoms with Crippen molar-refractivity contribution in [3.63, 3.8) is 0 Å². The second-order valence-corrected chi connectivity index (χ2v) is 9.73. The van der Waals surface area contributed by atoms with Crippen molar-refractivity contribution >= 4 is 40.2 Å². The maximum atomic E-state index is 13.1. The molecule has 162 valence electrons. The van der Waals surface area contributed by atoms with E-state index in [9.17, 15) is 9.59 Å². The molecule has 0 atom stereocenters. The molecule has 1 amide bonds. The summed E-state index contributed by atoms with van der Waals surface area (Å²) in [6.07, 6.45) is 2.17. The molecule has 5 nitrogen and oxygen atoms in total. The third kappa shape index (κ3) is 4.96. The zero-order chi connectivity index (χ0) is 22.0. The van der Waals surface area contributed by atoms with Crippen LogP contribution < -0.4 is 5.56 Å². The average Bonchev–Trinajstić information content (AvgIpc) is 3.29. The Labute approximate surface area is 191 Å². The van der Waals surface area contributed by atoms with Gasteiger partial charge in [-0.05, 0) is 54.7 Å². The number of carbonyl (C=O) groups is 1. The fraction of sp³-hybridized carbons (Fsp3) is 0.375. The molecular weight excluding hydrogens is 430 g/mol. The maximum Gasteiger partial charge on any atom is 0.262 e. The van der Waals surface area contributed by atoms with Gasteiger partial charge >= 0.3 is 0 Å². The number of aromatic nitrogens is 2. The Bertz CT molecular complexity index is 1150. The summed E-state index contributed by atoms with van der Waals surface area (Å²) in [5, 5.41) is 1.78. The summed E-state index contributed by atoms with van der Waals surface area (Å²) < 4.78 is 1.75. The van der Waals surface area contributed by atoms with Crippen molar-refractivity contribution in [1.82, 2.24) is 14.5 Å². The van der Waals surface area contributed by atoms with E-state index in [2.05, 4.69) is 13.8 Å². The molecule has 1 aliphatic rings. The zero-order valence-corrected chi connectivity index (χ0v) is 19.4. The van der Waals surface area contributed by atoms with E-state index in [1.54, 1.807) is 22.8 Å². The SMILES string of the molecule is CC(C)Cn1c(SCc2ccc(C(=O)N3CCCC3)cc2)nc2ccc(Cl)cc2c1=O. The molecule has 0 saturated carbocycles. The van der Waals surface area contributed by atoms with E-state index in [4.69, 9.17) is 16.6 Å². The third-order valence-corrected chi connectivity index (χ3v) is 6.67. The summed E-state index contributed by atoms with van der Waals surface area (Å²) in [4.78, 5) is 32.3. The smallest absolute Gasteiger partial charge is 0.262 e. The fourth-order valence-corrected chi connectivity index (χ4v) is 4.94. The van der Waals surface area contributed by atoms with E-state index in [1.807, 2.05) is 29.2 Å². The van der Waals surface area contributed by atoms with Gasteiger partial charge in [0.15, 0.2) is 5.16 Å². The fourth-order valence-electron chi connectivity index (χ4n) is 3.80. The Balaban J connectivity index is 1.56. The second-order valence-electron chi connectivity index (χ2n) is 8.35. The first-order valence-corrected chi connectivity index (χ1v) is 12.0. The van der Waals surface area contributed by atoms with Gasteiger partial charge in [0.05, 0.1) is 10.9 Å². The predicted molar refractivity (Wildman–Crippen MR) is 127 cm³/mol. The first-order chi connectivity index (χ1) is 14.9. The lowest BCUT2D eigenvalue weighted by molar-refractivity contribution is 0.0793. The van der Waals surface area contributed by atoms with E-state index in [0.717, 1.165) is 37.1 Å². The molecule has 0 radical (unpaired) electrons. The number of likely N-dealkylation sites (tertiary alicyclic amines) is 1. The lowest BCUT2D eigenvalue weighted by Crippen LogP contribution is -2.27. The number of benzene rings is 2. The molecule has 0 spiro atoms. The highest BCUT2D eigenvalue weighted by Gasteiger charge is 2.19. The molecule has 1 fully saturated rings. The average molecular weight is 456 g/mol. The molecule has 1 aromatic heterocycles. The van der Waals surface area contributed by atoms with Crippen molar-refractivity contribution in [1.29, 1.82) is 0 Å². The Morgan fingerprint density at radius 2 is 1.84 bits per heavy atom. The van der Waals surface area contributed by atoms with Crippen LogP contribution in [0.4, 0.5) is 0 Å². The Hall–Kier alpha value is -2.31. The molecule has 2 aromatic carbocycles. The highest BCUT2D eigenvalue weighted by molar-refractivity contribution is 7.98. The highest BCUT2D eigenvalue weighted by atomic mass is 35.5. The molecule has 0 aliphatic carbocycles. The van der Waals surface area contributed by atoms with Crippen LogP contribution in [0.25, 0.3) is 10.9 Å². The zero-order valence-electron chi connectivity index (χ0n) is 17.8. The standard InChI is InChI=1S/C24H26ClN3O2S/c1-16(2)14-28-23(30)20-13-19(25)9-10-21(20)26-24(28)31-15-17-5-7-18(8-6-17)22(29)27-11-3-4-12-27/h5-10,13,16H,3-4,11-12,14-15H2,1-2H3.